The van der Waals surface area contributed by atoms with Gasteiger partial charge in [0.1, 0.15) is 17.8 Å². The van der Waals surface area contributed by atoms with Gasteiger partial charge in [0.25, 0.3) is 0 Å². The number of rotatable bonds is 13. The number of nitrogens with one attached hydrogen (secondary N) is 5. The van der Waals surface area contributed by atoms with Crippen LogP contribution in [0.25, 0.3) is 33.7 Å². The third kappa shape index (κ3) is 9.36. The van der Waals surface area contributed by atoms with Gasteiger partial charge < -0.3 is 30.4 Å². The zero-order valence-electron chi connectivity index (χ0n) is 35.1. The Balaban J connectivity index is 0.796. The molecule has 5 aromatic heterocycles. The number of hydrogen-bond acceptors (Lipinski definition) is 13. The molecule has 0 radical (unpaired) electrons. The highest BCUT2D eigenvalue weighted by atomic mass is 16.5. The van der Waals surface area contributed by atoms with E-state index in [9.17, 15) is 14.4 Å². The summed E-state index contributed by atoms with van der Waals surface area (Å²) in [4.78, 5) is 66.4. The molecule has 0 spiro atoms. The van der Waals surface area contributed by atoms with E-state index in [-0.39, 0.29) is 29.7 Å². The second kappa shape index (κ2) is 17.5. The number of hydrogen-bond donors (Lipinski definition) is 5. The zero-order chi connectivity index (χ0) is 42.7. The summed E-state index contributed by atoms with van der Waals surface area (Å²) in [6, 6.07) is 15.3. The van der Waals surface area contributed by atoms with Crippen LogP contribution in [-0.2, 0) is 10.2 Å². The number of pyridine rings is 2. The Morgan fingerprint density at radius 1 is 0.967 bits per heavy atom. The van der Waals surface area contributed by atoms with Crippen molar-refractivity contribution in [1.82, 2.24) is 51.0 Å². The summed E-state index contributed by atoms with van der Waals surface area (Å²) in [5.74, 6) is 0.902. The molecule has 17 heteroatoms. The van der Waals surface area contributed by atoms with E-state index in [1.165, 1.54) is 4.90 Å². The number of aryl methyl sites for hydroxylation is 1. The maximum atomic E-state index is 12.9. The Hall–Kier alpha value is -6.75. The number of H-pyrrole nitrogens is 1. The van der Waals surface area contributed by atoms with Crippen molar-refractivity contribution in [1.29, 1.82) is 0 Å². The van der Waals surface area contributed by atoms with Gasteiger partial charge in [-0.1, -0.05) is 38.1 Å². The number of aromatic nitrogens is 7. The predicted molar refractivity (Wildman–Crippen MR) is 232 cm³/mol. The molecule has 2 aliphatic heterocycles. The molecule has 7 heterocycles. The fourth-order valence-electron chi connectivity index (χ4n) is 7.74. The number of imide groups is 1. The summed E-state index contributed by atoms with van der Waals surface area (Å²) in [5.41, 5.74) is 7.71. The molecule has 17 nitrogen and oxygen atoms in total. The van der Waals surface area contributed by atoms with Crippen molar-refractivity contribution in [2.24, 2.45) is 5.92 Å². The lowest BCUT2D eigenvalue weighted by atomic mass is 9.96. The van der Waals surface area contributed by atoms with Gasteiger partial charge in [-0.05, 0) is 86.7 Å². The monoisotopic (exact) mass is 825 g/mol. The summed E-state index contributed by atoms with van der Waals surface area (Å²) in [5, 5.41) is 17.3. The summed E-state index contributed by atoms with van der Waals surface area (Å²) < 4.78 is 5.23. The minimum atomic E-state index is -0.423. The molecule has 0 aliphatic carbocycles. The summed E-state index contributed by atoms with van der Waals surface area (Å²) in [7, 11) is 0. The standard InChI is InChI=1S/C44H51N13O4/c1-26-20-29(6-9-32(26)27(2)51-40(59)41-54-42(55-61-41)44(3,4)5)38-33-21-35(52-39(33)50-25-49-38)34-10-7-30(23-47-34)46-16-15-45-22-28-12-17-56(18-13-28)31-8-11-36(48-24-31)57-19-14-37(58)53-43(57)60/h6-11,20-21,23-25,27-28,45-46H,12-19,22H2,1-5H3,(H,51,59)(H,49,50,52)(H,53,58,60)/t27-/m1/s1. The second-order valence-corrected chi connectivity index (χ2v) is 16.7. The number of carbonyl (C=O) groups is 3. The summed E-state index contributed by atoms with van der Waals surface area (Å²) in [6.45, 7) is 14.6. The van der Waals surface area contributed by atoms with Crippen molar-refractivity contribution in [2.45, 2.75) is 65.3 Å². The third-order valence-corrected chi connectivity index (χ3v) is 11.2. The van der Waals surface area contributed by atoms with Crippen LogP contribution in [-0.4, -0.2) is 92.2 Å². The Kier molecular flexibility index (Phi) is 11.7. The molecule has 2 aliphatic rings. The molecule has 61 heavy (non-hydrogen) atoms. The van der Waals surface area contributed by atoms with E-state index >= 15 is 0 Å². The maximum absolute atomic E-state index is 12.9. The van der Waals surface area contributed by atoms with E-state index < -0.39 is 11.9 Å². The number of benzene rings is 1. The van der Waals surface area contributed by atoms with Crippen LogP contribution in [0, 0.1) is 12.8 Å². The first-order valence-electron chi connectivity index (χ1n) is 20.7. The normalized spacial score (nSPS) is 15.6. The fourth-order valence-corrected chi connectivity index (χ4v) is 7.74. The van der Waals surface area contributed by atoms with Gasteiger partial charge in [0.15, 0.2) is 5.82 Å². The largest absolute Gasteiger partial charge is 0.383 e. The molecule has 1 aromatic carbocycles. The molecule has 5 N–H and O–H groups in total. The van der Waals surface area contributed by atoms with Crippen molar-refractivity contribution in [3.8, 4) is 22.6 Å². The van der Waals surface area contributed by atoms with Gasteiger partial charge in [0.2, 0.25) is 5.91 Å². The number of piperidine rings is 1. The molecule has 2 saturated heterocycles. The van der Waals surface area contributed by atoms with Crippen molar-refractivity contribution in [2.75, 3.05) is 54.4 Å². The Labute approximate surface area is 353 Å². The van der Waals surface area contributed by atoms with Crippen molar-refractivity contribution >= 4 is 46.1 Å². The number of urea groups is 1. The van der Waals surface area contributed by atoms with Gasteiger partial charge in [-0.3, -0.25) is 24.8 Å². The second-order valence-electron chi connectivity index (χ2n) is 16.7. The van der Waals surface area contributed by atoms with Crippen LogP contribution in [0.3, 0.4) is 0 Å². The van der Waals surface area contributed by atoms with E-state index in [0.717, 1.165) is 96.1 Å². The number of anilines is 3. The number of nitrogens with zero attached hydrogens (tertiary/aromatic N) is 8. The molecule has 0 saturated carbocycles. The number of amides is 4. The molecular weight excluding hydrogens is 775 g/mol. The van der Waals surface area contributed by atoms with Gasteiger partial charge >= 0.3 is 17.8 Å². The average molecular weight is 826 g/mol. The lowest BCUT2D eigenvalue weighted by Gasteiger charge is -2.34. The first-order valence-corrected chi connectivity index (χ1v) is 20.7. The minimum Gasteiger partial charge on any atom is -0.383 e. The molecule has 2 fully saturated rings. The molecule has 4 amide bonds. The maximum Gasteiger partial charge on any atom is 0.329 e. The van der Waals surface area contributed by atoms with Gasteiger partial charge in [-0.25, -0.2) is 19.7 Å². The van der Waals surface area contributed by atoms with Crippen LogP contribution in [0.2, 0.25) is 0 Å². The predicted octanol–water partition coefficient (Wildman–Crippen LogP) is 5.93. The minimum absolute atomic E-state index is 0.0558. The van der Waals surface area contributed by atoms with Crippen LogP contribution < -0.4 is 31.1 Å². The highest BCUT2D eigenvalue weighted by Crippen LogP contribution is 2.32. The van der Waals surface area contributed by atoms with Gasteiger partial charge in [-0.15, -0.1) is 0 Å². The van der Waals surface area contributed by atoms with Crippen molar-refractivity contribution in [3.63, 3.8) is 0 Å². The molecule has 8 rings (SSSR count). The van der Waals surface area contributed by atoms with Crippen LogP contribution in [0.15, 0.2) is 71.8 Å². The number of fused-ring (bicyclic) bond motifs is 1. The van der Waals surface area contributed by atoms with E-state index in [1.54, 1.807) is 6.33 Å². The Morgan fingerprint density at radius 3 is 2.51 bits per heavy atom. The molecule has 1 atom stereocenters. The molecule has 0 bridgehead atoms. The van der Waals surface area contributed by atoms with Gasteiger partial charge in [0, 0.05) is 55.5 Å². The smallest absolute Gasteiger partial charge is 0.329 e. The highest BCUT2D eigenvalue weighted by Gasteiger charge is 2.27. The number of aromatic amines is 1. The van der Waals surface area contributed by atoms with E-state index in [4.69, 9.17) is 9.51 Å². The first kappa shape index (κ1) is 41.0. The Bertz CT molecular complexity index is 2520. The lowest BCUT2D eigenvalue weighted by Crippen LogP contribution is -2.49. The average Bonchev–Trinajstić information content (AvgIpc) is 3.94. The fraction of sp³-hybridized carbons (Fsp3) is 0.386. The molecule has 6 aromatic rings. The zero-order valence-corrected chi connectivity index (χ0v) is 35.1. The van der Waals surface area contributed by atoms with E-state index in [1.807, 2.05) is 89.5 Å². The number of carbonyl (C=O) groups excluding carboxylic acids is 3. The van der Waals surface area contributed by atoms with Gasteiger partial charge in [-0.2, -0.15) is 4.98 Å². The highest BCUT2D eigenvalue weighted by molar-refractivity contribution is 6.05. The summed E-state index contributed by atoms with van der Waals surface area (Å²) in [6.07, 6.45) is 7.66. The first-order chi connectivity index (χ1) is 29.4. The van der Waals surface area contributed by atoms with E-state index in [2.05, 4.69) is 62.3 Å². The van der Waals surface area contributed by atoms with Crippen LogP contribution >= 0.6 is 0 Å². The van der Waals surface area contributed by atoms with E-state index in [0.29, 0.717) is 29.8 Å². The van der Waals surface area contributed by atoms with Crippen molar-refractivity contribution < 1.29 is 18.9 Å². The Morgan fingerprint density at radius 2 is 1.80 bits per heavy atom. The molecular formula is C44H51N13O4. The van der Waals surface area contributed by atoms with Crippen LogP contribution in [0.4, 0.5) is 22.0 Å². The van der Waals surface area contributed by atoms with Crippen LogP contribution in [0.5, 0.6) is 0 Å². The quantitative estimate of drug-likeness (QED) is 0.0857. The summed E-state index contributed by atoms with van der Waals surface area (Å²) >= 11 is 0. The van der Waals surface area contributed by atoms with Crippen molar-refractivity contribution in [3.05, 3.63) is 90.1 Å². The van der Waals surface area contributed by atoms with Gasteiger partial charge in [0.05, 0.1) is 46.9 Å². The topological polar surface area (TPSA) is 212 Å². The third-order valence-electron chi connectivity index (χ3n) is 11.2. The van der Waals surface area contributed by atoms with Crippen LogP contribution in [0.1, 0.15) is 80.6 Å². The molecule has 316 valence electrons. The molecule has 0 unspecified atom stereocenters. The lowest BCUT2D eigenvalue weighted by molar-refractivity contribution is -0.120. The SMILES string of the molecule is Cc1cc(-c2ncnc3[nH]c(-c4ccc(NCCNCC5CCN(c6ccc(N7CCC(=O)NC7=O)nc6)CC5)cn4)cc23)ccc1[C@@H](C)NC(=O)c1nc(C(C)(C)C)no1.